The van der Waals surface area contributed by atoms with Crippen LogP contribution in [0.2, 0.25) is 0 Å². The highest BCUT2D eigenvalue weighted by molar-refractivity contribution is 5.32. The maximum Gasteiger partial charge on any atom is 0.234 e. The zero-order chi connectivity index (χ0) is 7.82. The predicted molar refractivity (Wildman–Crippen MR) is 40.8 cm³/mol. The van der Waals surface area contributed by atoms with Gasteiger partial charge in [0.25, 0.3) is 0 Å². The van der Waals surface area contributed by atoms with Gasteiger partial charge in [0.2, 0.25) is 6.08 Å². The molecule has 0 aliphatic carbocycles. The van der Waals surface area contributed by atoms with Gasteiger partial charge in [-0.05, 0) is 33.5 Å². The van der Waals surface area contributed by atoms with E-state index in [0.29, 0.717) is 6.54 Å². The standard InChI is InChI=1S/C7H14N2O/c1-9(2)6-4-3-5-8-7-10/h3-6H2,1-2H3. The monoisotopic (exact) mass is 142 g/mol. The molecule has 3 nitrogen and oxygen atoms in total. The molecule has 0 heterocycles. The van der Waals surface area contributed by atoms with Crippen molar-refractivity contribution in [3.05, 3.63) is 0 Å². The van der Waals surface area contributed by atoms with Crippen molar-refractivity contribution in [3.8, 4) is 0 Å². The maximum atomic E-state index is 9.60. The van der Waals surface area contributed by atoms with Crippen LogP contribution in [0.15, 0.2) is 4.99 Å². The van der Waals surface area contributed by atoms with E-state index in [2.05, 4.69) is 9.89 Å². The van der Waals surface area contributed by atoms with Crippen molar-refractivity contribution in [3.63, 3.8) is 0 Å². The Kier molecular flexibility index (Phi) is 6.03. The molecule has 0 aromatic carbocycles. The van der Waals surface area contributed by atoms with Crippen LogP contribution in [-0.2, 0) is 4.79 Å². The smallest absolute Gasteiger partial charge is 0.234 e. The minimum absolute atomic E-state index is 0.622. The maximum absolute atomic E-state index is 9.60. The average Bonchev–Trinajstić information content (AvgIpc) is 1.87. The van der Waals surface area contributed by atoms with Gasteiger partial charge >= 0.3 is 0 Å². The topological polar surface area (TPSA) is 32.7 Å². The molecular weight excluding hydrogens is 128 g/mol. The second-order valence-electron chi connectivity index (χ2n) is 2.48. The van der Waals surface area contributed by atoms with E-state index in [1.165, 1.54) is 6.08 Å². The average molecular weight is 142 g/mol. The lowest BCUT2D eigenvalue weighted by Crippen LogP contribution is -2.12. The zero-order valence-electron chi connectivity index (χ0n) is 6.63. The van der Waals surface area contributed by atoms with Gasteiger partial charge in [-0.25, -0.2) is 9.79 Å². The molecule has 0 aromatic heterocycles. The predicted octanol–water partition coefficient (Wildman–Crippen LogP) is 0.664. The first-order chi connectivity index (χ1) is 4.77. The highest BCUT2D eigenvalue weighted by Crippen LogP contribution is 1.89. The minimum Gasteiger partial charge on any atom is -0.309 e. The summed E-state index contributed by atoms with van der Waals surface area (Å²) in [7, 11) is 4.06. The Morgan fingerprint density at radius 2 is 2.10 bits per heavy atom. The first-order valence-corrected chi connectivity index (χ1v) is 3.45. The molecule has 0 bridgehead atoms. The van der Waals surface area contributed by atoms with Crippen LogP contribution in [0.3, 0.4) is 0 Å². The van der Waals surface area contributed by atoms with Crippen LogP contribution in [0.1, 0.15) is 12.8 Å². The van der Waals surface area contributed by atoms with Gasteiger partial charge in [0.15, 0.2) is 0 Å². The van der Waals surface area contributed by atoms with E-state index in [9.17, 15) is 4.79 Å². The van der Waals surface area contributed by atoms with Gasteiger partial charge in [-0.3, -0.25) is 0 Å². The summed E-state index contributed by atoms with van der Waals surface area (Å²) in [4.78, 5) is 15.2. The van der Waals surface area contributed by atoms with E-state index < -0.39 is 0 Å². The van der Waals surface area contributed by atoms with Gasteiger partial charge in [0, 0.05) is 0 Å². The number of nitrogens with zero attached hydrogens (tertiary/aromatic N) is 2. The van der Waals surface area contributed by atoms with Crippen molar-refractivity contribution >= 4 is 6.08 Å². The number of rotatable bonds is 5. The van der Waals surface area contributed by atoms with Crippen LogP contribution in [0, 0.1) is 0 Å². The van der Waals surface area contributed by atoms with E-state index in [1.54, 1.807) is 0 Å². The summed E-state index contributed by atoms with van der Waals surface area (Å²) >= 11 is 0. The Morgan fingerprint density at radius 3 is 2.60 bits per heavy atom. The van der Waals surface area contributed by atoms with Crippen LogP contribution in [-0.4, -0.2) is 38.2 Å². The summed E-state index contributed by atoms with van der Waals surface area (Å²) in [6.45, 7) is 1.69. The highest BCUT2D eigenvalue weighted by Gasteiger charge is 1.88. The third kappa shape index (κ3) is 7.34. The molecule has 0 saturated heterocycles. The van der Waals surface area contributed by atoms with Gasteiger partial charge in [-0.1, -0.05) is 0 Å². The lowest BCUT2D eigenvalue weighted by Gasteiger charge is -2.06. The Morgan fingerprint density at radius 1 is 1.40 bits per heavy atom. The number of isocyanates is 1. The summed E-state index contributed by atoms with van der Waals surface area (Å²) in [5, 5.41) is 0. The number of hydrogen-bond donors (Lipinski definition) is 0. The van der Waals surface area contributed by atoms with Crippen molar-refractivity contribution in [2.24, 2.45) is 4.99 Å². The second kappa shape index (κ2) is 6.46. The SMILES string of the molecule is CN(C)CCCCN=C=O. The molecular formula is C7H14N2O. The van der Waals surface area contributed by atoms with Crippen molar-refractivity contribution in [1.82, 2.24) is 4.90 Å². The van der Waals surface area contributed by atoms with Crippen molar-refractivity contribution in [2.75, 3.05) is 27.2 Å². The molecule has 58 valence electrons. The number of hydrogen-bond acceptors (Lipinski definition) is 3. The molecule has 0 N–H and O–H groups in total. The van der Waals surface area contributed by atoms with E-state index in [0.717, 1.165) is 19.4 Å². The molecule has 0 fully saturated rings. The third-order valence-corrected chi connectivity index (χ3v) is 1.19. The van der Waals surface area contributed by atoms with E-state index in [1.807, 2.05) is 14.1 Å². The molecule has 0 radical (unpaired) electrons. The molecule has 0 atom stereocenters. The Hall–Kier alpha value is -0.660. The summed E-state index contributed by atoms with van der Waals surface area (Å²) in [5.41, 5.74) is 0. The van der Waals surface area contributed by atoms with Gasteiger partial charge < -0.3 is 4.90 Å². The van der Waals surface area contributed by atoms with Crippen molar-refractivity contribution < 1.29 is 4.79 Å². The Labute approximate surface area is 61.7 Å². The van der Waals surface area contributed by atoms with Crippen molar-refractivity contribution in [1.29, 1.82) is 0 Å². The van der Waals surface area contributed by atoms with Crippen molar-refractivity contribution in [2.45, 2.75) is 12.8 Å². The molecule has 0 unspecified atom stereocenters. The first-order valence-electron chi connectivity index (χ1n) is 3.45. The number of carbonyl (C=O) groups excluding carboxylic acids is 1. The zero-order valence-corrected chi connectivity index (χ0v) is 6.63. The fourth-order valence-corrected chi connectivity index (χ4v) is 0.665. The van der Waals surface area contributed by atoms with E-state index in [-0.39, 0.29) is 0 Å². The largest absolute Gasteiger partial charge is 0.309 e. The lowest BCUT2D eigenvalue weighted by molar-refractivity contribution is 0.395. The van der Waals surface area contributed by atoms with Crippen LogP contribution in [0.4, 0.5) is 0 Å². The Bertz CT molecular complexity index is 117. The molecule has 0 amide bonds. The molecule has 3 heteroatoms. The number of aliphatic imine (C=N–C) groups is 1. The molecule has 10 heavy (non-hydrogen) atoms. The molecule has 0 aliphatic rings. The Balaban J connectivity index is 2.98. The summed E-state index contributed by atoms with van der Waals surface area (Å²) in [5.74, 6) is 0. The molecule has 0 spiro atoms. The third-order valence-electron chi connectivity index (χ3n) is 1.19. The van der Waals surface area contributed by atoms with Crippen LogP contribution in [0.5, 0.6) is 0 Å². The van der Waals surface area contributed by atoms with Gasteiger partial charge in [0.05, 0.1) is 6.54 Å². The molecule has 0 rings (SSSR count). The van der Waals surface area contributed by atoms with Gasteiger partial charge in [-0.15, -0.1) is 0 Å². The highest BCUT2D eigenvalue weighted by atomic mass is 16.1. The normalized spacial score (nSPS) is 9.50. The first kappa shape index (κ1) is 9.34. The van der Waals surface area contributed by atoms with Crippen LogP contribution >= 0.6 is 0 Å². The van der Waals surface area contributed by atoms with Crippen LogP contribution < -0.4 is 0 Å². The number of unbranched alkanes of at least 4 members (excludes halogenated alkanes) is 1. The van der Waals surface area contributed by atoms with Gasteiger partial charge in [0.1, 0.15) is 0 Å². The minimum atomic E-state index is 0.622. The lowest BCUT2D eigenvalue weighted by atomic mass is 10.3. The van der Waals surface area contributed by atoms with E-state index in [4.69, 9.17) is 0 Å². The fraction of sp³-hybridized carbons (Fsp3) is 0.857. The fourth-order valence-electron chi connectivity index (χ4n) is 0.665. The van der Waals surface area contributed by atoms with E-state index >= 15 is 0 Å². The van der Waals surface area contributed by atoms with Gasteiger partial charge in [-0.2, -0.15) is 0 Å². The summed E-state index contributed by atoms with van der Waals surface area (Å²) in [6, 6.07) is 0. The molecule has 0 aliphatic heterocycles. The molecule has 0 aromatic rings. The van der Waals surface area contributed by atoms with Crippen LogP contribution in [0.25, 0.3) is 0 Å². The summed E-state index contributed by atoms with van der Waals surface area (Å²) in [6.07, 6.45) is 3.59. The quantitative estimate of drug-likeness (QED) is 0.321. The summed E-state index contributed by atoms with van der Waals surface area (Å²) < 4.78 is 0. The molecule has 0 saturated carbocycles. The second-order valence-corrected chi connectivity index (χ2v) is 2.48.